The molecule has 0 radical (unpaired) electrons. The lowest BCUT2D eigenvalue weighted by Gasteiger charge is -2.33. The third-order valence-electron chi connectivity index (χ3n) is 4.00. The molecule has 2 rings (SSSR count). The van der Waals surface area contributed by atoms with E-state index in [0.717, 1.165) is 31.8 Å². The quantitative estimate of drug-likeness (QED) is 0.869. The lowest BCUT2D eigenvalue weighted by atomic mass is 9.89. The zero-order chi connectivity index (χ0) is 12.5. The van der Waals surface area contributed by atoms with Gasteiger partial charge in [-0.3, -0.25) is 0 Å². The van der Waals surface area contributed by atoms with Crippen LogP contribution in [0.15, 0.2) is 6.33 Å². The highest BCUT2D eigenvalue weighted by Gasteiger charge is 2.33. The Balaban J connectivity index is 2.22. The minimum absolute atomic E-state index is 0.0800. The van der Waals surface area contributed by atoms with Gasteiger partial charge < -0.3 is 9.88 Å². The Labute approximate surface area is 105 Å². The smallest absolute Gasteiger partial charge is 0.0952 e. The zero-order valence-corrected chi connectivity index (χ0v) is 11.6. The van der Waals surface area contributed by atoms with Crippen LogP contribution < -0.4 is 5.32 Å². The number of nitrogens with one attached hydrogen (secondary N) is 1. The second kappa shape index (κ2) is 4.81. The van der Waals surface area contributed by atoms with Gasteiger partial charge >= 0.3 is 0 Å². The van der Waals surface area contributed by atoms with Gasteiger partial charge in [0, 0.05) is 25.2 Å². The van der Waals surface area contributed by atoms with Gasteiger partial charge in [0.15, 0.2) is 0 Å². The molecule has 0 bridgehead atoms. The van der Waals surface area contributed by atoms with E-state index in [4.69, 9.17) is 0 Å². The van der Waals surface area contributed by atoms with Crippen molar-refractivity contribution in [2.75, 3.05) is 6.54 Å². The molecule has 17 heavy (non-hydrogen) atoms. The Kier molecular flexibility index (Phi) is 3.57. The van der Waals surface area contributed by atoms with Crippen LogP contribution in [0.2, 0.25) is 0 Å². The molecule has 2 heterocycles. The summed E-state index contributed by atoms with van der Waals surface area (Å²) in [6.45, 7) is 11.2. The van der Waals surface area contributed by atoms with Crippen molar-refractivity contribution in [3.05, 3.63) is 17.7 Å². The highest BCUT2D eigenvalue weighted by Crippen LogP contribution is 2.30. The maximum Gasteiger partial charge on any atom is 0.0952 e. The number of hydrogen-bond donors (Lipinski definition) is 1. The molecule has 1 aromatic heterocycles. The van der Waals surface area contributed by atoms with E-state index in [-0.39, 0.29) is 5.54 Å². The molecule has 1 unspecified atom stereocenters. The molecule has 0 amide bonds. The van der Waals surface area contributed by atoms with Crippen LogP contribution in [0.25, 0.3) is 0 Å². The van der Waals surface area contributed by atoms with Gasteiger partial charge in [-0.15, -0.1) is 0 Å². The van der Waals surface area contributed by atoms with Crippen LogP contribution in [0.1, 0.15) is 51.9 Å². The third-order valence-corrected chi connectivity index (χ3v) is 4.00. The Morgan fingerprint density at radius 1 is 1.53 bits per heavy atom. The largest absolute Gasteiger partial charge is 0.334 e. The minimum atomic E-state index is 0.0800. The first-order chi connectivity index (χ1) is 8.07. The Morgan fingerprint density at radius 3 is 2.94 bits per heavy atom. The molecule has 0 aromatic carbocycles. The summed E-state index contributed by atoms with van der Waals surface area (Å²) < 4.78 is 2.37. The molecule has 0 spiro atoms. The molecule has 1 aliphatic rings. The van der Waals surface area contributed by atoms with E-state index in [1.54, 1.807) is 0 Å². The maximum atomic E-state index is 4.66. The van der Waals surface area contributed by atoms with Crippen molar-refractivity contribution in [1.82, 2.24) is 14.9 Å². The van der Waals surface area contributed by atoms with Crippen LogP contribution >= 0.6 is 0 Å². The number of aryl methyl sites for hydroxylation is 1. The van der Waals surface area contributed by atoms with E-state index in [1.165, 1.54) is 17.8 Å². The van der Waals surface area contributed by atoms with Crippen molar-refractivity contribution in [2.45, 2.75) is 59.0 Å². The average molecular weight is 235 g/mol. The van der Waals surface area contributed by atoms with Crippen LogP contribution in [-0.2, 0) is 18.5 Å². The summed E-state index contributed by atoms with van der Waals surface area (Å²) in [6.07, 6.45) is 5.48. The van der Waals surface area contributed by atoms with E-state index >= 15 is 0 Å². The van der Waals surface area contributed by atoms with Crippen molar-refractivity contribution >= 4 is 0 Å². The second-order valence-electron chi connectivity index (χ2n) is 5.78. The number of aromatic nitrogens is 2. The molecular formula is C14H25N3. The van der Waals surface area contributed by atoms with Gasteiger partial charge in [0.05, 0.1) is 17.6 Å². The monoisotopic (exact) mass is 235 g/mol. The number of rotatable bonds is 4. The summed E-state index contributed by atoms with van der Waals surface area (Å²) in [7, 11) is 0. The van der Waals surface area contributed by atoms with Gasteiger partial charge in [-0.05, 0) is 25.7 Å². The molecule has 96 valence electrons. The van der Waals surface area contributed by atoms with Crippen LogP contribution in [-0.4, -0.2) is 16.1 Å². The Bertz CT molecular complexity index is 381. The van der Waals surface area contributed by atoms with E-state index in [9.17, 15) is 0 Å². The van der Waals surface area contributed by atoms with Gasteiger partial charge in [-0.25, -0.2) is 4.98 Å². The van der Waals surface area contributed by atoms with Gasteiger partial charge in [0.2, 0.25) is 0 Å². The fourth-order valence-electron chi connectivity index (χ4n) is 2.55. The molecule has 1 aliphatic heterocycles. The second-order valence-corrected chi connectivity index (χ2v) is 5.78. The summed E-state index contributed by atoms with van der Waals surface area (Å²) in [5.41, 5.74) is 2.81. The normalized spacial score (nSPS) is 24.1. The number of imidazole rings is 1. The average Bonchev–Trinajstić information content (AvgIpc) is 2.71. The number of fused-ring (bicyclic) bond motifs is 1. The van der Waals surface area contributed by atoms with Gasteiger partial charge in [0.25, 0.3) is 0 Å². The van der Waals surface area contributed by atoms with Crippen molar-refractivity contribution in [3.8, 4) is 0 Å². The minimum Gasteiger partial charge on any atom is -0.334 e. The van der Waals surface area contributed by atoms with E-state index in [2.05, 4.69) is 42.6 Å². The lowest BCUT2D eigenvalue weighted by molar-refractivity contribution is 0.322. The molecule has 1 N–H and O–H groups in total. The molecule has 3 heteroatoms. The van der Waals surface area contributed by atoms with Gasteiger partial charge in [-0.1, -0.05) is 20.8 Å². The first-order valence-corrected chi connectivity index (χ1v) is 6.86. The van der Waals surface area contributed by atoms with Gasteiger partial charge in [0.1, 0.15) is 0 Å². The molecule has 0 aliphatic carbocycles. The van der Waals surface area contributed by atoms with E-state index in [1.807, 2.05) is 6.33 Å². The summed E-state index contributed by atoms with van der Waals surface area (Å²) in [4.78, 5) is 4.66. The molecule has 3 nitrogen and oxygen atoms in total. The van der Waals surface area contributed by atoms with Crippen molar-refractivity contribution < 1.29 is 0 Å². The highest BCUT2D eigenvalue weighted by molar-refractivity contribution is 5.25. The summed E-state index contributed by atoms with van der Waals surface area (Å²) in [6, 6.07) is 0. The van der Waals surface area contributed by atoms with Crippen LogP contribution in [0, 0.1) is 5.92 Å². The Morgan fingerprint density at radius 2 is 2.29 bits per heavy atom. The molecule has 0 fully saturated rings. The molecule has 0 saturated carbocycles. The predicted molar refractivity (Wildman–Crippen MR) is 71.0 cm³/mol. The third kappa shape index (κ3) is 2.39. The Hall–Kier alpha value is -0.830. The molecule has 1 aromatic rings. The predicted octanol–water partition coefficient (Wildman–Crippen LogP) is 2.70. The summed E-state index contributed by atoms with van der Waals surface area (Å²) in [5, 5.41) is 3.60. The van der Waals surface area contributed by atoms with E-state index < -0.39 is 0 Å². The molecule has 0 saturated heterocycles. The first kappa shape index (κ1) is 12.6. The fourth-order valence-corrected chi connectivity index (χ4v) is 2.55. The van der Waals surface area contributed by atoms with Crippen LogP contribution in [0.5, 0.6) is 0 Å². The van der Waals surface area contributed by atoms with Crippen molar-refractivity contribution in [3.63, 3.8) is 0 Å². The SMILES string of the molecule is CCC1(C)NCCc2c1ncn2CCC(C)C. The zero-order valence-electron chi connectivity index (χ0n) is 11.6. The van der Waals surface area contributed by atoms with Gasteiger partial charge in [-0.2, -0.15) is 0 Å². The topological polar surface area (TPSA) is 29.9 Å². The highest BCUT2D eigenvalue weighted by atomic mass is 15.1. The summed E-state index contributed by atoms with van der Waals surface area (Å²) >= 11 is 0. The lowest BCUT2D eigenvalue weighted by Crippen LogP contribution is -2.45. The van der Waals surface area contributed by atoms with Crippen LogP contribution in [0.3, 0.4) is 0 Å². The number of nitrogens with zero attached hydrogens (tertiary/aromatic N) is 2. The summed E-state index contributed by atoms with van der Waals surface area (Å²) in [5.74, 6) is 0.757. The standard InChI is InChI=1S/C14H25N3/c1-5-14(4)13-12(6-8-16-14)17(10-15-13)9-7-11(2)3/h10-11,16H,5-9H2,1-4H3. The molecule has 1 atom stereocenters. The maximum absolute atomic E-state index is 4.66. The van der Waals surface area contributed by atoms with Crippen molar-refractivity contribution in [1.29, 1.82) is 0 Å². The van der Waals surface area contributed by atoms with Crippen LogP contribution in [0.4, 0.5) is 0 Å². The van der Waals surface area contributed by atoms with Crippen molar-refractivity contribution in [2.24, 2.45) is 5.92 Å². The first-order valence-electron chi connectivity index (χ1n) is 6.86. The molecular weight excluding hydrogens is 210 g/mol. The van der Waals surface area contributed by atoms with E-state index in [0.29, 0.717) is 0 Å². The number of hydrogen-bond acceptors (Lipinski definition) is 2. The fraction of sp³-hybridized carbons (Fsp3) is 0.786.